The van der Waals surface area contributed by atoms with E-state index in [1.807, 2.05) is 0 Å². The summed E-state index contributed by atoms with van der Waals surface area (Å²) in [5.74, 6) is -4.13. The zero-order valence-electron chi connectivity index (χ0n) is 17.8. The van der Waals surface area contributed by atoms with E-state index < -0.39 is 29.7 Å². The molecule has 0 bridgehead atoms. The van der Waals surface area contributed by atoms with Crippen molar-refractivity contribution < 1.29 is 28.7 Å². The fourth-order valence-electron chi connectivity index (χ4n) is 3.82. The fraction of sp³-hybridized carbons (Fsp3) is 0.409. The number of methoxy groups -OCH3 is 2. The second kappa shape index (κ2) is 10.3. The number of esters is 2. The van der Waals surface area contributed by atoms with Crippen molar-refractivity contribution >= 4 is 35.5 Å². The van der Waals surface area contributed by atoms with Crippen LogP contribution in [0.3, 0.4) is 0 Å². The van der Waals surface area contributed by atoms with Crippen molar-refractivity contribution in [2.24, 2.45) is 5.92 Å². The topological polar surface area (TPSA) is 126 Å². The summed E-state index contributed by atoms with van der Waals surface area (Å²) in [6, 6.07) is 8.23. The highest BCUT2D eigenvalue weighted by atomic mass is 32.2. The molecule has 9 nitrogen and oxygen atoms in total. The third kappa shape index (κ3) is 4.78. The van der Waals surface area contributed by atoms with Gasteiger partial charge >= 0.3 is 11.9 Å². The first-order valence-corrected chi connectivity index (χ1v) is 11.0. The van der Waals surface area contributed by atoms with Crippen LogP contribution in [0.1, 0.15) is 34.7 Å². The average molecular weight is 458 g/mol. The summed E-state index contributed by atoms with van der Waals surface area (Å²) < 4.78 is 9.50. The largest absolute Gasteiger partial charge is 0.468 e. The molecule has 2 aliphatic rings. The maximum atomic E-state index is 12.8. The van der Waals surface area contributed by atoms with Gasteiger partial charge in [-0.05, 0) is 30.5 Å². The highest BCUT2D eigenvalue weighted by Crippen LogP contribution is 2.40. The third-order valence-electron chi connectivity index (χ3n) is 5.47. The number of benzene rings is 1. The van der Waals surface area contributed by atoms with Crippen molar-refractivity contribution in [2.75, 3.05) is 33.1 Å². The Morgan fingerprint density at radius 1 is 1.16 bits per heavy atom. The molecule has 0 saturated carbocycles. The summed E-state index contributed by atoms with van der Waals surface area (Å²) in [4.78, 5) is 51.2. The van der Waals surface area contributed by atoms with Gasteiger partial charge in [0.1, 0.15) is 5.92 Å². The first kappa shape index (κ1) is 23.3. The summed E-state index contributed by atoms with van der Waals surface area (Å²) in [7, 11) is 2.43. The summed E-state index contributed by atoms with van der Waals surface area (Å²) in [6.07, 6.45) is 1.92. The molecule has 2 heterocycles. The summed E-state index contributed by atoms with van der Waals surface area (Å²) >= 11 is 1.07. The van der Waals surface area contributed by atoms with Crippen LogP contribution in [-0.2, 0) is 23.9 Å². The summed E-state index contributed by atoms with van der Waals surface area (Å²) in [5.41, 5.74) is 0.938. The molecule has 1 saturated heterocycles. The molecular weight excluding hydrogens is 434 g/mol. The molecular formula is C22H23N3O6S. The van der Waals surface area contributed by atoms with Crippen molar-refractivity contribution in [3.63, 3.8) is 0 Å². The number of rotatable bonds is 6. The van der Waals surface area contributed by atoms with Gasteiger partial charge < -0.3 is 19.7 Å². The lowest BCUT2D eigenvalue weighted by Crippen LogP contribution is -2.44. The monoisotopic (exact) mass is 457 g/mol. The van der Waals surface area contributed by atoms with E-state index in [1.165, 1.54) is 26.4 Å². The number of hydrogen-bond donors (Lipinski definition) is 1. The average Bonchev–Trinajstić information content (AvgIpc) is 3.36. The summed E-state index contributed by atoms with van der Waals surface area (Å²) in [6.45, 7) is 1.41. The second-order valence-electron chi connectivity index (χ2n) is 7.31. The molecule has 10 heteroatoms. The molecule has 3 rings (SSSR count). The number of nitrogens with zero attached hydrogens (tertiary/aromatic N) is 2. The maximum Gasteiger partial charge on any atom is 0.337 e. The van der Waals surface area contributed by atoms with Gasteiger partial charge in [-0.25, -0.2) is 4.79 Å². The van der Waals surface area contributed by atoms with Gasteiger partial charge in [-0.3, -0.25) is 14.4 Å². The number of ether oxygens (including phenoxy) is 2. The van der Waals surface area contributed by atoms with E-state index in [0.717, 1.165) is 24.6 Å². The van der Waals surface area contributed by atoms with Gasteiger partial charge in [0, 0.05) is 19.0 Å². The van der Waals surface area contributed by atoms with Crippen LogP contribution < -0.4 is 5.32 Å². The molecule has 1 aromatic rings. The number of hydrogen-bond acceptors (Lipinski definition) is 8. The number of amides is 2. The Morgan fingerprint density at radius 2 is 1.81 bits per heavy atom. The standard InChI is InChI=1S/C22H23N3O6S/c1-30-21(28)14-7-5-13(6-8-14)17-15(11-23)20(24-19(27)18(17)22(29)31-2)32-12-16(26)25-9-3-4-10-25/h5-8,17-18H,3-4,9-10,12H2,1-2H3,(H,24,27)/t17-,18-/m0/s1. The van der Waals surface area contributed by atoms with Gasteiger partial charge in [0.15, 0.2) is 0 Å². The molecule has 1 N–H and O–H groups in total. The van der Waals surface area contributed by atoms with Crippen molar-refractivity contribution in [3.8, 4) is 6.07 Å². The van der Waals surface area contributed by atoms with E-state index in [-0.39, 0.29) is 22.3 Å². The Morgan fingerprint density at radius 3 is 2.38 bits per heavy atom. The van der Waals surface area contributed by atoms with Crippen LogP contribution in [0.2, 0.25) is 0 Å². The predicted molar refractivity (Wildman–Crippen MR) is 115 cm³/mol. The molecule has 1 aromatic carbocycles. The van der Waals surface area contributed by atoms with Crippen molar-refractivity contribution in [1.82, 2.24) is 10.2 Å². The van der Waals surface area contributed by atoms with E-state index in [4.69, 9.17) is 9.47 Å². The van der Waals surface area contributed by atoms with Crippen LogP contribution in [0.15, 0.2) is 34.9 Å². The molecule has 0 aliphatic carbocycles. The van der Waals surface area contributed by atoms with E-state index in [9.17, 15) is 24.4 Å². The lowest BCUT2D eigenvalue weighted by atomic mass is 9.78. The highest BCUT2D eigenvalue weighted by molar-refractivity contribution is 8.03. The number of allylic oxidation sites excluding steroid dienone is 1. The Labute approximate surface area is 189 Å². The van der Waals surface area contributed by atoms with Crippen LogP contribution in [-0.4, -0.2) is 61.7 Å². The lowest BCUT2D eigenvalue weighted by Gasteiger charge is -2.31. The Bertz CT molecular complexity index is 992. The third-order valence-corrected chi connectivity index (χ3v) is 6.48. The van der Waals surface area contributed by atoms with Crippen LogP contribution in [0.4, 0.5) is 0 Å². The Hall–Kier alpha value is -3.32. The van der Waals surface area contributed by atoms with Gasteiger partial charge in [-0.15, -0.1) is 0 Å². The molecule has 0 spiro atoms. The quantitative estimate of drug-likeness (QED) is 0.504. The van der Waals surface area contributed by atoms with Gasteiger partial charge in [0.25, 0.3) is 0 Å². The van der Waals surface area contributed by atoms with Gasteiger partial charge in [0.05, 0.1) is 42.2 Å². The second-order valence-corrected chi connectivity index (χ2v) is 8.30. The maximum absolute atomic E-state index is 12.8. The number of nitriles is 1. The predicted octanol–water partition coefficient (Wildman–Crippen LogP) is 1.57. The van der Waals surface area contributed by atoms with Gasteiger partial charge in [0.2, 0.25) is 11.8 Å². The molecule has 32 heavy (non-hydrogen) atoms. The Kier molecular flexibility index (Phi) is 7.53. The number of thioether (sulfide) groups is 1. The van der Waals surface area contributed by atoms with Crippen LogP contribution in [0.25, 0.3) is 0 Å². The Balaban J connectivity index is 1.95. The summed E-state index contributed by atoms with van der Waals surface area (Å²) in [5, 5.41) is 12.8. The van der Waals surface area contributed by atoms with Crippen LogP contribution in [0, 0.1) is 17.2 Å². The molecule has 0 aromatic heterocycles. The molecule has 0 radical (unpaired) electrons. The molecule has 2 amide bonds. The zero-order valence-corrected chi connectivity index (χ0v) is 18.6. The highest BCUT2D eigenvalue weighted by Gasteiger charge is 2.44. The zero-order chi connectivity index (χ0) is 23.3. The first-order valence-electron chi connectivity index (χ1n) is 10.0. The first-order chi connectivity index (χ1) is 15.4. The molecule has 2 aliphatic heterocycles. The van der Waals surface area contributed by atoms with E-state index in [2.05, 4.69) is 11.4 Å². The minimum absolute atomic E-state index is 0.0671. The normalized spacial score (nSPS) is 20.4. The minimum Gasteiger partial charge on any atom is -0.468 e. The lowest BCUT2D eigenvalue weighted by molar-refractivity contribution is -0.150. The van der Waals surface area contributed by atoms with Gasteiger partial charge in [-0.2, -0.15) is 5.26 Å². The van der Waals surface area contributed by atoms with Crippen molar-refractivity contribution in [2.45, 2.75) is 18.8 Å². The fourth-order valence-corrected chi connectivity index (χ4v) is 4.77. The van der Waals surface area contributed by atoms with Crippen molar-refractivity contribution in [1.29, 1.82) is 5.26 Å². The number of carbonyl (C=O) groups is 4. The van der Waals surface area contributed by atoms with E-state index >= 15 is 0 Å². The smallest absolute Gasteiger partial charge is 0.337 e. The number of nitrogens with one attached hydrogen (secondary N) is 1. The molecule has 168 valence electrons. The van der Waals surface area contributed by atoms with E-state index in [1.54, 1.807) is 17.0 Å². The van der Waals surface area contributed by atoms with Crippen LogP contribution >= 0.6 is 11.8 Å². The SMILES string of the molecule is COC(=O)c1ccc([C@H]2C(C#N)=C(SCC(=O)N3CCCC3)NC(=O)[C@H]2C(=O)OC)cc1. The minimum atomic E-state index is -1.28. The van der Waals surface area contributed by atoms with Crippen LogP contribution in [0.5, 0.6) is 0 Å². The molecule has 0 unspecified atom stereocenters. The molecule has 2 atom stereocenters. The molecule has 1 fully saturated rings. The van der Waals surface area contributed by atoms with Gasteiger partial charge in [-0.1, -0.05) is 23.9 Å². The number of likely N-dealkylation sites (tertiary alicyclic amines) is 1. The van der Waals surface area contributed by atoms with Crippen molar-refractivity contribution in [3.05, 3.63) is 46.0 Å². The van der Waals surface area contributed by atoms with E-state index in [0.29, 0.717) is 24.2 Å². The number of carbonyl (C=O) groups excluding carboxylic acids is 4.